The molecule has 2 fully saturated rings. The van der Waals surface area contributed by atoms with Crippen molar-refractivity contribution in [3.63, 3.8) is 0 Å². The van der Waals surface area contributed by atoms with Crippen molar-refractivity contribution in [3.8, 4) is 5.75 Å². The van der Waals surface area contributed by atoms with Gasteiger partial charge in [-0.25, -0.2) is 4.79 Å². The van der Waals surface area contributed by atoms with Gasteiger partial charge in [0.25, 0.3) is 0 Å². The van der Waals surface area contributed by atoms with Crippen LogP contribution in [0.3, 0.4) is 0 Å². The summed E-state index contributed by atoms with van der Waals surface area (Å²) < 4.78 is 23.0. The van der Waals surface area contributed by atoms with Gasteiger partial charge in [0, 0.05) is 0 Å². The Morgan fingerprint density at radius 3 is 2.25 bits per heavy atom. The van der Waals surface area contributed by atoms with Crippen LogP contribution >= 0.6 is 0 Å². The first-order valence-corrected chi connectivity index (χ1v) is 8.47. The van der Waals surface area contributed by atoms with Crippen LogP contribution in [-0.2, 0) is 14.0 Å². The lowest BCUT2D eigenvalue weighted by atomic mass is 9.78. The molecule has 1 aliphatic carbocycles. The highest BCUT2D eigenvalue weighted by Gasteiger charge is 2.51. The second kappa shape index (κ2) is 6.08. The van der Waals surface area contributed by atoms with E-state index in [1.807, 2.05) is 33.8 Å². The summed E-state index contributed by atoms with van der Waals surface area (Å²) in [5, 5.41) is 0. The SMILES string of the molecule is COC(=O)c1cc(OC2CCC2)cc(B2OC(C)(C)C(C)(C)O2)c1. The molecule has 130 valence electrons. The molecular formula is C18H25BO5. The standard InChI is InChI=1S/C18H25BO5/c1-17(2)18(3,4)24-19(23-17)13-9-12(16(20)21-5)10-15(11-13)22-14-7-6-8-14/h9-11,14H,6-8H2,1-5H3. The lowest BCUT2D eigenvalue weighted by Gasteiger charge is -2.32. The minimum absolute atomic E-state index is 0.226. The van der Waals surface area contributed by atoms with Crippen molar-refractivity contribution in [2.24, 2.45) is 0 Å². The fourth-order valence-electron chi connectivity index (χ4n) is 2.72. The van der Waals surface area contributed by atoms with Crippen molar-refractivity contribution in [3.05, 3.63) is 23.8 Å². The molecule has 0 unspecified atom stereocenters. The Hall–Kier alpha value is -1.53. The van der Waals surface area contributed by atoms with Gasteiger partial charge in [-0.05, 0) is 70.6 Å². The third-order valence-electron chi connectivity index (χ3n) is 5.23. The van der Waals surface area contributed by atoms with Crippen LogP contribution in [-0.4, -0.2) is 37.5 Å². The smallest absolute Gasteiger partial charge is 0.490 e. The van der Waals surface area contributed by atoms with Crippen LogP contribution in [0.5, 0.6) is 5.75 Å². The van der Waals surface area contributed by atoms with E-state index in [2.05, 4.69) is 0 Å². The maximum atomic E-state index is 12.0. The molecule has 1 saturated heterocycles. The van der Waals surface area contributed by atoms with Crippen LogP contribution in [0.25, 0.3) is 0 Å². The topological polar surface area (TPSA) is 54.0 Å². The average Bonchev–Trinajstić information content (AvgIpc) is 2.70. The minimum atomic E-state index is -0.539. The summed E-state index contributed by atoms with van der Waals surface area (Å²) in [5.74, 6) is 0.263. The Balaban J connectivity index is 1.91. The molecule has 1 aromatic carbocycles. The molecule has 0 N–H and O–H groups in total. The average molecular weight is 332 g/mol. The minimum Gasteiger partial charge on any atom is -0.490 e. The number of carbonyl (C=O) groups is 1. The van der Waals surface area contributed by atoms with Crippen LogP contribution in [0.4, 0.5) is 0 Å². The Morgan fingerprint density at radius 2 is 1.75 bits per heavy atom. The van der Waals surface area contributed by atoms with Crippen LogP contribution < -0.4 is 10.2 Å². The predicted octanol–water partition coefficient (Wildman–Crippen LogP) is 2.70. The van der Waals surface area contributed by atoms with Crippen molar-refractivity contribution in [1.82, 2.24) is 0 Å². The Bertz CT molecular complexity index is 620. The first-order chi connectivity index (χ1) is 11.2. The van der Waals surface area contributed by atoms with Crippen LogP contribution in [0, 0.1) is 0 Å². The molecule has 0 atom stereocenters. The molecule has 1 aliphatic heterocycles. The Morgan fingerprint density at radius 1 is 1.12 bits per heavy atom. The zero-order valence-electron chi connectivity index (χ0n) is 15.0. The molecule has 0 aromatic heterocycles. The van der Waals surface area contributed by atoms with Crippen LogP contribution in [0.1, 0.15) is 57.3 Å². The summed E-state index contributed by atoms with van der Waals surface area (Å²) in [6.07, 6.45) is 3.51. The number of rotatable bonds is 4. The highest BCUT2D eigenvalue weighted by atomic mass is 16.7. The molecule has 3 rings (SSSR count). The number of hydrogen-bond acceptors (Lipinski definition) is 5. The van der Waals surface area contributed by atoms with Crippen LogP contribution in [0.15, 0.2) is 18.2 Å². The maximum Gasteiger partial charge on any atom is 0.494 e. The fraction of sp³-hybridized carbons (Fsp3) is 0.611. The molecule has 1 aromatic rings. The van der Waals surface area contributed by atoms with E-state index in [1.165, 1.54) is 13.5 Å². The van der Waals surface area contributed by atoms with Gasteiger partial charge in [-0.15, -0.1) is 0 Å². The quantitative estimate of drug-likeness (QED) is 0.627. The van der Waals surface area contributed by atoms with Gasteiger partial charge in [0.1, 0.15) is 5.75 Å². The molecular weight excluding hydrogens is 307 g/mol. The van der Waals surface area contributed by atoms with Gasteiger partial charge >= 0.3 is 13.1 Å². The number of ether oxygens (including phenoxy) is 2. The zero-order valence-corrected chi connectivity index (χ0v) is 15.0. The second-order valence-corrected chi connectivity index (χ2v) is 7.54. The van der Waals surface area contributed by atoms with E-state index in [-0.39, 0.29) is 6.10 Å². The molecule has 0 radical (unpaired) electrons. The van der Waals surface area contributed by atoms with Crippen molar-refractivity contribution in [1.29, 1.82) is 0 Å². The van der Waals surface area contributed by atoms with E-state index >= 15 is 0 Å². The number of carbonyl (C=O) groups excluding carboxylic acids is 1. The highest BCUT2D eigenvalue weighted by Crippen LogP contribution is 2.37. The number of hydrogen-bond donors (Lipinski definition) is 0. The lowest BCUT2D eigenvalue weighted by molar-refractivity contribution is 0.00578. The molecule has 0 spiro atoms. The second-order valence-electron chi connectivity index (χ2n) is 7.54. The third kappa shape index (κ3) is 3.17. The molecule has 6 heteroatoms. The van der Waals surface area contributed by atoms with E-state index in [1.54, 1.807) is 12.1 Å². The summed E-state index contributed by atoms with van der Waals surface area (Å²) in [4.78, 5) is 12.0. The van der Waals surface area contributed by atoms with Gasteiger partial charge in [0.15, 0.2) is 0 Å². The molecule has 24 heavy (non-hydrogen) atoms. The molecule has 2 aliphatic rings. The molecule has 0 amide bonds. The summed E-state index contributed by atoms with van der Waals surface area (Å²) in [6, 6.07) is 5.37. The first-order valence-electron chi connectivity index (χ1n) is 8.47. The summed E-state index contributed by atoms with van der Waals surface area (Å²) in [7, 11) is 0.833. The van der Waals surface area contributed by atoms with E-state index < -0.39 is 24.3 Å². The van der Waals surface area contributed by atoms with E-state index in [0.717, 1.165) is 18.3 Å². The third-order valence-corrected chi connectivity index (χ3v) is 5.23. The summed E-state index contributed by atoms with van der Waals surface area (Å²) in [6.45, 7) is 8.01. The summed E-state index contributed by atoms with van der Waals surface area (Å²) >= 11 is 0. The van der Waals surface area contributed by atoms with Gasteiger partial charge < -0.3 is 18.8 Å². The maximum absolute atomic E-state index is 12.0. The monoisotopic (exact) mass is 332 g/mol. The molecule has 1 saturated carbocycles. The van der Waals surface area contributed by atoms with Gasteiger partial charge in [-0.2, -0.15) is 0 Å². The van der Waals surface area contributed by atoms with Gasteiger partial charge in [-0.3, -0.25) is 0 Å². The van der Waals surface area contributed by atoms with Crippen molar-refractivity contribution in [2.75, 3.05) is 7.11 Å². The highest BCUT2D eigenvalue weighted by molar-refractivity contribution is 6.62. The molecule has 0 bridgehead atoms. The van der Waals surface area contributed by atoms with E-state index in [4.69, 9.17) is 18.8 Å². The first kappa shape index (κ1) is 17.3. The van der Waals surface area contributed by atoms with E-state index in [0.29, 0.717) is 11.3 Å². The number of methoxy groups -OCH3 is 1. The number of esters is 1. The van der Waals surface area contributed by atoms with Crippen molar-refractivity contribution in [2.45, 2.75) is 64.3 Å². The number of benzene rings is 1. The zero-order chi connectivity index (χ0) is 17.5. The van der Waals surface area contributed by atoms with E-state index in [9.17, 15) is 4.79 Å². The fourth-order valence-corrected chi connectivity index (χ4v) is 2.72. The van der Waals surface area contributed by atoms with Gasteiger partial charge in [0.2, 0.25) is 0 Å². The lowest BCUT2D eigenvalue weighted by Crippen LogP contribution is -2.41. The predicted molar refractivity (Wildman–Crippen MR) is 91.8 cm³/mol. The largest absolute Gasteiger partial charge is 0.494 e. The Labute approximate surface area is 143 Å². The van der Waals surface area contributed by atoms with Crippen molar-refractivity contribution >= 4 is 18.6 Å². The molecule has 1 heterocycles. The Kier molecular flexibility index (Phi) is 4.38. The van der Waals surface area contributed by atoms with Crippen LogP contribution in [0.2, 0.25) is 0 Å². The summed E-state index contributed by atoms with van der Waals surface area (Å²) in [5.41, 5.74) is 0.340. The van der Waals surface area contributed by atoms with Crippen molar-refractivity contribution < 1.29 is 23.6 Å². The van der Waals surface area contributed by atoms with Gasteiger partial charge in [-0.1, -0.05) is 0 Å². The molecule has 5 nitrogen and oxygen atoms in total. The van der Waals surface area contributed by atoms with Gasteiger partial charge in [0.05, 0.1) is 30.0 Å². The normalized spacial score (nSPS) is 22.1.